The van der Waals surface area contributed by atoms with E-state index in [0.29, 0.717) is 32.2 Å². The van der Waals surface area contributed by atoms with Crippen LogP contribution in [0, 0.1) is 11.8 Å². The predicted molar refractivity (Wildman–Crippen MR) is 133 cm³/mol. The van der Waals surface area contributed by atoms with Gasteiger partial charge in [0.2, 0.25) is 0 Å². The Labute approximate surface area is 199 Å². The molecule has 1 heterocycles. The molecule has 1 aliphatic heterocycles. The van der Waals surface area contributed by atoms with Gasteiger partial charge in [0.1, 0.15) is 0 Å². The van der Waals surface area contributed by atoms with Crippen LogP contribution in [-0.2, 0) is 9.47 Å². The van der Waals surface area contributed by atoms with Gasteiger partial charge in [-0.15, -0.1) is 0 Å². The van der Waals surface area contributed by atoms with Crippen molar-refractivity contribution in [3.8, 4) is 0 Å². The molecule has 0 spiro atoms. The quantitative estimate of drug-likeness (QED) is 0.341. The fourth-order valence-corrected chi connectivity index (χ4v) is 5.40. The van der Waals surface area contributed by atoms with E-state index < -0.39 is 0 Å². The van der Waals surface area contributed by atoms with Gasteiger partial charge >= 0.3 is 6.03 Å². The summed E-state index contributed by atoms with van der Waals surface area (Å²) in [5.74, 6) is 0.915. The SMILES string of the molecule is COCCCO[C@@H](c1cccc(N)c1)[C@@H]1CCCN(C(=O)N[C@H](CN)CC2CCCCC2)C1. The first kappa shape index (κ1) is 25.8. The molecule has 0 radical (unpaired) electrons. The number of nitrogens with zero attached hydrogens (tertiary/aromatic N) is 1. The van der Waals surface area contributed by atoms with Crippen LogP contribution < -0.4 is 16.8 Å². The summed E-state index contributed by atoms with van der Waals surface area (Å²) in [6.07, 6.45) is 10.2. The van der Waals surface area contributed by atoms with Gasteiger partial charge in [-0.25, -0.2) is 4.79 Å². The van der Waals surface area contributed by atoms with Crippen LogP contribution in [0.3, 0.4) is 0 Å². The molecule has 1 aromatic carbocycles. The molecule has 0 bridgehead atoms. The maximum absolute atomic E-state index is 13.1. The first-order valence-corrected chi connectivity index (χ1v) is 12.8. The molecule has 2 fully saturated rings. The van der Waals surface area contributed by atoms with E-state index in [1.807, 2.05) is 23.1 Å². The molecule has 0 unspecified atom stereocenters. The van der Waals surface area contributed by atoms with Crippen LogP contribution in [0.25, 0.3) is 0 Å². The zero-order valence-corrected chi connectivity index (χ0v) is 20.3. The van der Waals surface area contributed by atoms with Gasteiger partial charge in [-0.2, -0.15) is 0 Å². The van der Waals surface area contributed by atoms with Crippen molar-refractivity contribution in [2.75, 3.05) is 45.7 Å². The number of likely N-dealkylation sites (tertiary alicyclic amines) is 1. The number of urea groups is 1. The molecule has 0 aromatic heterocycles. The lowest BCUT2D eigenvalue weighted by Gasteiger charge is -2.38. The predicted octanol–water partition coefficient (Wildman–Crippen LogP) is 4.08. The molecule has 7 nitrogen and oxygen atoms in total. The summed E-state index contributed by atoms with van der Waals surface area (Å²) in [6, 6.07) is 8.00. The van der Waals surface area contributed by atoms with Crippen molar-refractivity contribution >= 4 is 11.7 Å². The lowest BCUT2D eigenvalue weighted by Crippen LogP contribution is -2.51. The number of nitrogens with two attached hydrogens (primary N) is 2. The van der Waals surface area contributed by atoms with Gasteiger partial charge in [0.25, 0.3) is 0 Å². The number of anilines is 1. The monoisotopic (exact) mass is 460 g/mol. The maximum Gasteiger partial charge on any atom is 0.317 e. The van der Waals surface area contributed by atoms with Crippen LogP contribution in [0.2, 0.25) is 0 Å². The fourth-order valence-electron chi connectivity index (χ4n) is 5.40. The van der Waals surface area contributed by atoms with Crippen LogP contribution in [0.1, 0.15) is 69.5 Å². The van der Waals surface area contributed by atoms with Crippen molar-refractivity contribution in [1.82, 2.24) is 10.2 Å². The topological polar surface area (TPSA) is 103 Å². The number of nitrogen functional groups attached to an aromatic ring is 1. The zero-order chi connectivity index (χ0) is 23.5. The van der Waals surface area contributed by atoms with E-state index in [1.54, 1.807) is 7.11 Å². The first-order chi connectivity index (χ1) is 16.1. The third-order valence-corrected chi connectivity index (χ3v) is 7.16. The lowest BCUT2D eigenvalue weighted by atomic mass is 9.85. The van der Waals surface area contributed by atoms with Crippen molar-refractivity contribution in [1.29, 1.82) is 0 Å². The average Bonchev–Trinajstić information content (AvgIpc) is 2.84. The summed E-state index contributed by atoms with van der Waals surface area (Å²) in [5, 5.41) is 3.24. The summed E-state index contributed by atoms with van der Waals surface area (Å²) in [6.45, 7) is 3.23. The van der Waals surface area contributed by atoms with Gasteiger partial charge in [-0.1, -0.05) is 44.2 Å². The Morgan fingerprint density at radius 3 is 2.73 bits per heavy atom. The van der Waals surface area contributed by atoms with Crippen LogP contribution in [0.5, 0.6) is 0 Å². The Morgan fingerprint density at radius 2 is 2.00 bits per heavy atom. The van der Waals surface area contributed by atoms with E-state index in [0.717, 1.165) is 43.5 Å². The number of hydrogen-bond donors (Lipinski definition) is 3. The molecule has 1 aromatic rings. The number of ether oxygens (including phenoxy) is 2. The molecule has 3 rings (SSSR count). The van der Waals surface area contributed by atoms with Crippen molar-refractivity contribution in [3.63, 3.8) is 0 Å². The van der Waals surface area contributed by atoms with E-state index in [2.05, 4.69) is 11.4 Å². The first-order valence-electron chi connectivity index (χ1n) is 12.8. The highest BCUT2D eigenvalue weighted by molar-refractivity contribution is 5.74. The molecule has 1 saturated heterocycles. The van der Waals surface area contributed by atoms with E-state index in [-0.39, 0.29) is 24.1 Å². The number of amides is 2. The number of benzene rings is 1. The second kappa shape index (κ2) is 13.8. The largest absolute Gasteiger partial charge is 0.399 e. The number of carbonyl (C=O) groups excluding carboxylic acids is 1. The molecule has 186 valence electrons. The second-order valence-electron chi connectivity index (χ2n) is 9.78. The smallest absolute Gasteiger partial charge is 0.317 e. The Kier molecular flexibility index (Phi) is 10.8. The highest BCUT2D eigenvalue weighted by Crippen LogP contribution is 2.34. The summed E-state index contributed by atoms with van der Waals surface area (Å²) >= 11 is 0. The molecule has 2 amide bonds. The van der Waals surface area contributed by atoms with E-state index >= 15 is 0 Å². The molecule has 3 atom stereocenters. The number of carbonyl (C=O) groups is 1. The Morgan fingerprint density at radius 1 is 1.18 bits per heavy atom. The summed E-state index contributed by atoms with van der Waals surface area (Å²) < 4.78 is 11.5. The van der Waals surface area contributed by atoms with Crippen molar-refractivity contribution in [3.05, 3.63) is 29.8 Å². The summed E-state index contributed by atoms with van der Waals surface area (Å²) in [4.78, 5) is 15.1. The van der Waals surface area contributed by atoms with Gasteiger partial charge in [0.05, 0.1) is 6.10 Å². The Bertz CT molecular complexity index is 711. The molecule has 2 aliphatic rings. The average molecular weight is 461 g/mol. The maximum atomic E-state index is 13.1. The molecule has 33 heavy (non-hydrogen) atoms. The Balaban J connectivity index is 1.60. The van der Waals surface area contributed by atoms with Crippen molar-refractivity contribution < 1.29 is 14.3 Å². The van der Waals surface area contributed by atoms with Gasteiger partial charge < -0.3 is 31.2 Å². The summed E-state index contributed by atoms with van der Waals surface area (Å²) in [7, 11) is 1.70. The normalized spacial score (nSPS) is 21.5. The van der Waals surface area contributed by atoms with E-state index in [9.17, 15) is 4.79 Å². The van der Waals surface area contributed by atoms with Crippen LogP contribution >= 0.6 is 0 Å². The lowest BCUT2D eigenvalue weighted by molar-refractivity contribution is -0.0167. The second-order valence-corrected chi connectivity index (χ2v) is 9.78. The minimum Gasteiger partial charge on any atom is -0.399 e. The standard InChI is InChI=1S/C26H44N4O3/c1-32-14-7-15-33-25(21-10-5-12-23(28)17-21)22-11-6-13-30(19-22)26(31)29-24(18-27)16-20-8-3-2-4-9-20/h5,10,12,17,20,22,24-25H,2-4,6-9,11,13-16,18-19,27-28H2,1H3,(H,29,31)/t22-,24+,25+/m1/s1. The van der Waals surface area contributed by atoms with Crippen molar-refractivity contribution in [2.24, 2.45) is 17.6 Å². The highest BCUT2D eigenvalue weighted by Gasteiger charge is 2.32. The fraction of sp³-hybridized carbons (Fsp3) is 0.731. The third kappa shape index (κ3) is 8.16. The minimum absolute atomic E-state index is 0.0108. The van der Waals surface area contributed by atoms with Gasteiger partial charge in [0, 0.05) is 57.6 Å². The molecule has 7 heteroatoms. The van der Waals surface area contributed by atoms with Crippen LogP contribution in [0.15, 0.2) is 24.3 Å². The van der Waals surface area contributed by atoms with Gasteiger partial charge in [-0.05, 0) is 49.3 Å². The number of piperidine rings is 1. The molecule has 1 saturated carbocycles. The molecule has 5 N–H and O–H groups in total. The molecular formula is C26H44N4O3. The number of methoxy groups -OCH3 is 1. The number of nitrogens with one attached hydrogen (secondary N) is 1. The minimum atomic E-state index is -0.0894. The third-order valence-electron chi connectivity index (χ3n) is 7.16. The Hall–Kier alpha value is -1.83. The van der Waals surface area contributed by atoms with Gasteiger partial charge in [-0.3, -0.25) is 0 Å². The highest BCUT2D eigenvalue weighted by atomic mass is 16.5. The molecular weight excluding hydrogens is 416 g/mol. The number of rotatable bonds is 11. The van der Waals surface area contributed by atoms with E-state index in [1.165, 1.54) is 32.1 Å². The van der Waals surface area contributed by atoms with Crippen LogP contribution in [0.4, 0.5) is 10.5 Å². The van der Waals surface area contributed by atoms with Crippen molar-refractivity contribution in [2.45, 2.75) is 69.9 Å². The number of hydrogen-bond acceptors (Lipinski definition) is 5. The molecule has 1 aliphatic carbocycles. The van der Waals surface area contributed by atoms with Gasteiger partial charge in [0.15, 0.2) is 0 Å². The van der Waals surface area contributed by atoms with E-state index in [4.69, 9.17) is 20.9 Å². The summed E-state index contributed by atoms with van der Waals surface area (Å²) in [5.41, 5.74) is 13.9. The van der Waals surface area contributed by atoms with Crippen LogP contribution in [-0.4, -0.2) is 56.9 Å². The zero-order valence-electron chi connectivity index (χ0n) is 20.3.